The van der Waals surface area contributed by atoms with Gasteiger partial charge in [0.2, 0.25) is 5.91 Å². The second kappa shape index (κ2) is 8.05. The smallest absolute Gasteiger partial charge is 0.340 e. The van der Waals surface area contributed by atoms with Crippen molar-refractivity contribution in [3.05, 3.63) is 52.6 Å². The van der Waals surface area contributed by atoms with Crippen LogP contribution in [0, 0.1) is 0 Å². The van der Waals surface area contributed by atoms with Crippen LogP contribution in [-0.2, 0) is 9.53 Å². The van der Waals surface area contributed by atoms with Crippen molar-refractivity contribution in [3.63, 3.8) is 0 Å². The highest BCUT2D eigenvalue weighted by molar-refractivity contribution is 6.02. The molecule has 1 aromatic carbocycles. The lowest BCUT2D eigenvalue weighted by atomic mass is 10.1. The summed E-state index contributed by atoms with van der Waals surface area (Å²) in [5.74, 6) is -1.54. The molecule has 2 heterocycles. The molecule has 0 spiro atoms. The fourth-order valence-corrected chi connectivity index (χ4v) is 2.90. The highest BCUT2D eigenvalue weighted by Gasteiger charge is 2.24. The van der Waals surface area contributed by atoms with Crippen LogP contribution in [0.4, 0.5) is 11.4 Å². The Balaban J connectivity index is 1.62. The van der Waals surface area contributed by atoms with Crippen molar-refractivity contribution in [1.82, 2.24) is 0 Å². The lowest BCUT2D eigenvalue weighted by Crippen LogP contribution is -2.20. The fourth-order valence-electron chi connectivity index (χ4n) is 2.90. The van der Waals surface area contributed by atoms with Gasteiger partial charge in [0.25, 0.3) is 5.91 Å². The van der Waals surface area contributed by atoms with Crippen molar-refractivity contribution in [2.24, 2.45) is 0 Å². The summed E-state index contributed by atoms with van der Waals surface area (Å²) < 4.78 is 10.4. The minimum atomic E-state index is -0.829. The Hall–Kier alpha value is -3.13. The SMILES string of the molecule is CC1CCC(CC(=O)Nc2cccc(NC(=O)c3cc(O)cc(=O)o3)c2)O1. The van der Waals surface area contributed by atoms with E-state index in [1.165, 1.54) is 0 Å². The highest BCUT2D eigenvalue weighted by atomic mass is 16.5. The molecule has 1 aromatic heterocycles. The predicted octanol–water partition coefficient (Wildman–Crippen LogP) is 2.49. The first kappa shape index (κ1) is 18.7. The number of carbonyl (C=O) groups is 2. The summed E-state index contributed by atoms with van der Waals surface area (Å²) in [6.45, 7) is 1.98. The van der Waals surface area contributed by atoms with Gasteiger partial charge in [-0.15, -0.1) is 0 Å². The normalized spacial score (nSPS) is 18.9. The van der Waals surface area contributed by atoms with E-state index in [2.05, 4.69) is 10.6 Å². The molecule has 1 saturated heterocycles. The van der Waals surface area contributed by atoms with E-state index in [1.807, 2.05) is 6.92 Å². The van der Waals surface area contributed by atoms with Crippen molar-refractivity contribution >= 4 is 23.2 Å². The van der Waals surface area contributed by atoms with Crippen LogP contribution >= 0.6 is 0 Å². The summed E-state index contributed by atoms with van der Waals surface area (Å²) in [5.41, 5.74) is 0.0837. The maximum atomic E-state index is 12.2. The molecule has 2 aromatic rings. The number of anilines is 2. The Morgan fingerprint density at radius 2 is 1.89 bits per heavy atom. The van der Waals surface area contributed by atoms with Gasteiger partial charge in [-0.2, -0.15) is 0 Å². The number of hydrogen-bond acceptors (Lipinski definition) is 6. The molecule has 0 saturated carbocycles. The van der Waals surface area contributed by atoms with Crippen LogP contribution < -0.4 is 16.3 Å². The molecule has 0 bridgehead atoms. The molecule has 2 amide bonds. The second-order valence-corrected chi connectivity index (χ2v) is 6.43. The molecule has 0 aliphatic carbocycles. The van der Waals surface area contributed by atoms with Gasteiger partial charge in [0.15, 0.2) is 5.76 Å². The number of hydrogen-bond donors (Lipinski definition) is 3. The van der Waals surface area contributed by atoms with E-state index >= 15 is 0 Å². The third-order valence-corrected chi connectivity index (χ3v) is 4.12. The second-order valence-electron chi connectivity index (χ2n) is 6.43. The molecule has 8 nitrogen and oxygen atoms in total. The summed E-state index contributed by atoms with van der Waals surface area (Å²) in [5, 5.41) is 14.7. The zero-order chi connectivity index (χ0) is 19.4. The largest absolute Gasteiger partial charge is 0.508 e. The van der Waals surface area contributed by atoms with E-state index in [4.69, 9.17) is 9.15 Å². The molecule has 1 aliphatic heterocycles. The summed E-state index contributed by atoms with van der Waals surface area (Å²) in [6, 6.07) is 8.47. The van der Waals surface area contributed by atoms with E-state index in [-0.39, 0.29) is 36.0 Å². The molecule has 1 aliphatic rings. The van der Waals surface area contributed by atoms with Gasteiger partial charge in [-0.25, -0.2) is 4.79 Å². The topological polar surface area (TPSA) is 118 Å². The lowest BCUT2D eigenvalue weighted by Gasteiger charge is -2.12. The van der Waals surface area contributed by atoms with Crippen LogP contribution in [0.1, 0.15) is 36.7 Å². The molecule has 2 unspecified atom stereocenters. The number of amides is 2. The average Bonchev–Trinajstić information content (AvgIpc) is 2.99. The van der Waals surface area contributed by atoms with Gasteiger partial charge >= 0.3 is 5.63 Å². The van der Waals surface area contributed by atoms with Crippen molar-refractivity contribution in [1.29, 1.82) is 0 Å². The molecule has 1 fully saturated rings. The number of nitrogens with one attached hydrogen (secondary N) is 2. The number of ether oxygens (including phenoxy) is 1. The molecule has 27 heavy (non-hydrogen) atoms. The first-order chi connectivity index (χ1) is 12.9. The Kier molecular flexibility index (Phi) is 5.56. The number of carbonyl (C=O) groups excluding carboxylic acids is 2. The van der Waals surface area contributed by atoms with Crippen LogP contribution in [0.3, 0.4) is 0 Å². The maximum absolute atomic E-state index is 12.2. The zero-order valence-electron chi connectivity index (χ0n) is 14.7. The number of benzene rings is 1. The van der Waals surface area contributed by atoms with Crippen LogP contribution in [0.5, 0.6) is 5.75 Å². The van der Waals surface area contributed by atoms with Gasteiger partial charge < -0.3 is 24.9 Å². The first-order valence-corrected chi connectivity index (χ1v) is 8.60. The quantitative estimate of drug-likeness (QED) is 0.742. The van der Waals surface area contributed by atoms with Crippen molar-refractivity contribution in [2.45, 2.75) is 38.4 Å². The van der Waals surface area contributed by atoms with Crippen LogP contribution in [0.2, 0.25) is 0 Å². The summed E-state index contributed by atoms with van der Waals surface area (Å²) in [7, 11) is 0. The minimum absolute atomic E-state index is 0.0726. The number of rotatable bonds is 5. The van der Waals surface area contributed by atoms with E-state index in [9.17, 15) is 19.5 Å². The van der Waals surface area contributed by atoms with E-state index in [0.717, 1.165) is 25.0 Å². The van der Waals surface area contributed by atoms with E-state index < -0.39 is 11.5 Å². The molecule has 3 rings (SSSR count). The first-order valence-electron chi connectivity index (χ1n) is 8.60. The van der Waals surface area contributed by atoms with Crippen LogP contribution in [-0.4, -0.2) is 29.1 Å². The fraction of sp³-hybridized carbons (Fsp3) is 0.316. The predicted molar refractivity (Wildman–Crippen MR) is 97.9 cm³/mol. The summed E-state index contributed by atoms with van der Waals surface area (Å²) >= 11 is 0. The van der Waals surface area contributed by atoms with E-state index in [1.54, 1.807) is 24.3 Å². The summed E-state index contributed by atoms with van der Waals surface area (Å²) in [6.07, 6.45) is 2.19. The molecule has 8 heteroatoms. The third-order valence-electron chi connectivity index (χ3n) is 4.12. The lowest BCUT2D eigenvalue weighted by molar-refractivity contribution is -0.118. The van der Waals surface area contributed by atoms with Gasteiger partial charge in [-0.1, -0.05) is 6.07 Å². The molecular formula is C19H20N2O6. The molecular weight excluding hydrogens is 352 g/mol. The van der Waals surface area contributed by atoms with E-state index in [0.29, 0.717) is 11.4 Å². The Labute approximate surface area is 155 Å². The Morgan fingerprint density at radius 3 is 2.56 bits per heavy atom. The number of aromatic hydroxyl groups is 1. The van der Waals surface area contributed by atoms with Gasteiger partial charge in [0.1, 0.15) is 5.75 Å². The van der Waals surface area contributed by atoms with Crippen LogP contribution in [0.25, 0.3) is 0 Å². The van der Waals surface area contributed by atoms with Gasteiger partial charge in [0, 0.05) is 17.4 Å². The molecule has 0 radical (unpaired) electrons. The van der Waals surface area contributed by atoms with Crippen molar-refractivity contribution in [3.8, 4) is 5.75 Å². The van der Waals surface area contributed by atoms with Gasteiger partial charge in [-0.3, -0.25) is 9.59 Å². The van der Waals surface area contributed by atoms with Crippen molar-refractivity contribution in [2.75, 3.05) is 10.6 Å². The molecule has 3 N–H and O–H groups in total. The monoisotopic (exact) mass is 372 g/mol. The van der Waals surface area contributed by atoms with Crippen LogP contribution in [0.15, 0.2) is 45.6 Å². The maximum Gasteiger partial charge on any atom is 0.340 e. The summed E-state index contributed by atoms with van der Waals surface area (Å²) in [4.78, 5) is 35.5. The molecule has 2 atom stereocenters. The Bertz CT molecular complexity index is 907. The third kappa shape index (κ3) is 5.18. The Morgan fingerprint density at radius 1 is 1.15 bits per heavy atom. The molecule has 142 valence electrons. The average molecular weight is 372 g/mol. The minimum Gasteiger partial charge on any atom is -0.508 e. The highest BCUT2D eigenvalue weighted by Crippen LogP contribution is 2.22. The van der Waals surface area contributed by atoms with Gasteiger partial charge in [0.05, 0.1) is 24.7 Å². The van der Waals surface area contributed by atoms with Crippen molar-refractivity contribution < 1.29 is 23.8 Å². The van der Waals surface area contributed by atoms with Gasteiger partial charge in [-0.05, 0) is 38.0 Å². The standard InChI is InChI=1S/C19H20N2O6/c1-11-5-6-15(26-11)10-17(23)20-12-3-2-4-13(7-12)21-19(25)16-8-14(22)9-18(24)27-16/h2-4,7-9,11,15,22H,5-6,10H2,1H3,(H,20,23)(H,21,25). The zero-order valence-corrected chi connectivity index (χ0v) is 14.7.